The first-order valence-electron chi connectivity index (χ1n) is 8.17. The molecule has 0 saturated heterocycles. The standard InChI is InChI=1S/C19H15N5O3/c1-26-18-6-2-4-13(23-18)8-17(25)16-9-15(11-24-19(16)21-12-22-24)27-14-5-3-7-20-10-14/h2-7,9-12H,8H2,1H3. The summed E-state index contributed by atoms with van der Waals surface area (Å²) in [5.74, 6) is 1.33. The smallest absolute Gasteiger partial charge is 0.213 e. The average Bonchev–Trinajstić information content (AvgIpc) is 3.17. The second-order valence-electron chi connectivity index (χ2n) is 5.68. The molecule has 4 rings (SSSR count). The zero-order valence-electron chi connectivity index (χ0n) is 14.4. The molecule has 4 aromatic rings. The summed E-state index contributed by atoms with van der Waals surface area (Å²) in [4.78, 5) is 25.4. The largest absolute Gasteiger partial charge is 0.481 e. The second-order valence-corrected chi connectivity index (χ2v) is 5.68. The van der Waals surface area contributed by atoms with E-state index in [1.807, 2.05) is 0 Å². The normalized spacial score (nSPS) is 10.7. The van der Waals surface area contributed by atoms with E-state index in [1.165, 1.54) is 18.0 Å². The number of ether oxygens (including phenoxy) is 2. The van der Waals surface area contributed by atoms with Gasteiger partial charge in [0, 0.05) is 12.3 Å². The Morgan fingerprint density at radius 1 is 1.19 bits per heavy atom. The highest BCUT2D eigenvalue weighted by Gasteiger charge is 2.16. The van der Waals surface area contributed by atoms with E-state index in [0.29, 0.717) is 34.3 Å². The topological polar surface area (TPSA) is 91.5 Å². The summed E-state index contributed by atoms with van der Waals surface area (Å²) in [5, 5.41) is 4.12. The monoisotopic (exact) mass is 361 g/mol. The van der Waals surface area contributed by atoms with E-state index in [1.54, 1.807) is 55.0 Å². The Balaban J connectivity index is 1.67. The minimum absolute atomic E-state index is 0.107. The summed E-state index contributed by atoms with van der Waals surface area (Å²) >= 11 is 0. The lowest BCUT2D eigenvalue weighted by atomic mass is 10.1. The Hall–Kier alpha value is -3.81. The SMILES string of the molecule is COc1cccc(CC(=O)c2cc(Oc3cccnc3)cn3ncnc23)n1. The van der Waals surface area contributed by atoms with E-state index < -0.39 is 0 Å². The number of rotatable bonds is 6. The highest BCUT2D eigenvalue weighted by atomic mass is 16.5. The number of fused-ring (bicyclic) bond motifs is 1. The molecule has 0 N–H and O–H groups in total. The van der Waals surface area contributed by atoms with Crippen LogP contribution >= 0.6 is 0 Å². The molecule has 0 aliphatic carbocycles. The number of hydrogen-bond acceptors (Lipinski definition) is 7. The van der Waals surface area contributed by atoms with Gasteiger partial charge in [0.15, 0.2) is 11.4 Å². The highest BCUT2D eigenvalue weighted by Crippen LogP contribution is 2.24. The average molecular weight is 361 g/mol. The maximum Gasteiger partial charge on any atom is 0.213 e. The second kappa shape index (κ2) is 7.20. The lowest BCUT2D eigenvalue weighted by Crippen LogP contribution is -2.08. The molecule has 0 unspecified atom stereocenters. The van der Waals surface area contributed by atoms with Crippen molar-refractivity contribution < 1.29 is 14.3 Å². The molecule has 0 aliphatic rings. The fraction of sp³-hybridized carbons (Fsp3) is 0.105. The van der Waals surface area contributed by atoms with Gasteiger partial charge in [-0.15, -0.1) is 0 Å². The molecule has 0 spiro atoms. The van der Waals surface area contributed by atoms with Crippen LogP contribution in [0.25, 0.3) is 5.65 Å². The maximum absolute atomic E-state index is 12.9. The molecular weight excluding hydrogens is 346 g/mol. The molecule has 0 amide bonds. The molecule has 0 radical (unpaired) electrons. The zero-order chi connectivity index (χ0) is 18.6. The van der Waals surface area contributed by atoms with Crippen molar-refractivity contribution in [3.8, 4) is 17.4 Å². The fourth-order valence-corrected chi connectivity index (χ4v) is 2.64. The number of pyridine rings is 3. The molecule has 4 aromatic heterocycles. The molecular formula is C19H15N5O3. The Morgan fingerprint density at radius 3 is 2.93 bits per heavy atom. The molecule has 0 saturated carbocycles. The van der Waals surface area contributed by atoms with Crippen molar-refractivity contribution >= 4 is 11.4 Å². The van der Waals surface area contributed by atoms with E-state index >= 15 is 0 Å². The van der Waals surface area contributed by atoms with Crippen molar-refractivity contribution in [2.45, 2.75) is 6.42 Å². The summed E-state index contributed by atoms with van der Waals surface area (Å²) in [6.07, 6.45) is 6.41. The van der Waals surface area contributed by atoms with Crippen molar-refractivity contribution in [3.63, 3.8) is 0 Å². The fourth-order valence-electron chi connectivity index (χ4n) is 2.64. The highest BCUT2D eigenvalue weighted by molar-refractivity contribution is 6.02. The molecule has 8 nitrogen and oxygen atoms in total. The van der Waals surface area contributed by atoms with Crippen LogP contribution in [-0.2, 0) is 6.42 Å². The Kier molecular flexibility index (Phi) is 4.44. The minimum atomic E-state index is -0.148. The predicted molar refractivity (Wildman–Crippen MR) is 96.1 cm³/mol. The van der Waals surface area contributed by atoms with Gasteiger partial charge < -0.3 is 9.47 Å². The lowest BCUT2D eigenvalue weighted by molar-refractivity contribution is 0.0992. The number of hydrogen-bond donors (Lipinski definition) is 0. The third-order valence-corrected chi connectivity index (χ3v) is 3.85. The number of nitrogens with zero attached hydrogens (tertiary/aromatic N) is 5. The third-order valence-electron chi connectivity index (χ3n) is 3.85. The van der Waals surface area contributed by atoms with E-state index in [4.69, 9.17) is 9.47 Å². The van der Waals surface area contributed by atoms with Crippen LogP contribution in [0.1, 0.15) is 16.1 Å². The molecule has 0 atom stereocenters. The first-order valence-corrected chi connectivity index (χ1v) is 8.17. The molecule has 0 aliphatic heterocycles. The van der Waals surface area contributed by atoms with Crippen molar-refractivity contribution in [2.75, 3.05) is 7.11 Å². The number of aromatic nitrogens is 5. The first-order chi connectivity index (χ1) is 13.2. The molecule has 4 heterocycles. The van der Waals surface area contributed by atoms with Gasteiger partial charge in [0.1, 0.15) is 17.8 Å². The molecule has 27 heavy (non-hydrogen) atoms. The Labute approximate surface area is 154 Å². The van der Waals surface area contributed by atoms with Crippen LogP contribution < -0.4 is 9.47 Å². The van der Waals surface area contributed by atoms with Crippen LogP contribution in [0.15, 0.2) is 61.3 Å². The van der Waals surface area contributed by atoms with Crippen LogP contribution in [0.3, 0.4) is 0 Å². The van der Waals surface area contributed by atoms with Gasteiger partial charge in [-0.05, 0) is 24.3 Å². The van der Waals surface area contributed by atoms with E-state index in [2.05, 4.69) is 20.1 Å². The van der Waals surface area contributed by atoms with Crippen LogP contribution in [0, 0.1) is 0 Å². The predicted octanol–water partition coefficient (Wildman–Crippen LogP) is 2.75. The first kappa shape index (κ1) is 16.6. The number of carbonyl (C=O) groups excluding carboxylic acids is 1. The van der Waals surface area contributed by atoms with Crippen molar-refractivity contribution in [1.29, 1.82) is 0 Å². The third kappa shape index (κ3) is 3.59. The van der Waals surface area contributed by atoms with Gasteiger partial charge in [0.05, 0.1) is 37.2 Å². The van der Waals surface area contributed by atoms with Crippen LogP contribution in [-0.4, -0.2) is 37.5 Å². The van der Waals surface area contributed by atoms with Gasteiger partial charge in [-0.2, -0.15) is 5.10 Å². The zero-order valence-corrected chi connectivity index (χ0v) is 14.4. The van der Waals surface area contributed by atoms with Gasteiger partial charge in [-0.25, -0.2) is 14.5 Å². The molecule has 0 aromatic carbocycles. The Bertz CT molecular complexity index is 1090. The van der Waals surface area contributed by atoms with Gasteiger partial charge in [0.2, 0.25) is 5.88 Å². The van der Waals surface area contributed by atoms with Crippen molar-refractivity contribution in [2.24, 2.45) is 0 Å². The van der Waals surface area contributed by atoms with Gasteiger partial charge in [0.25, 0.3) is 0 Å². The van der Waals surface area contributed by atoms with Crippen LogP contribution in [0.5, 0.6) is 17.4 Å². The minimum Gasteiger partial charge on any atom is -0.481 e. The van der Waals surface area contributed by atoms with E-state index in [9.17, 15) is 4.79 Å². The number of carbonyl (C=O) groups is 1. The molecule has 0 fully saturated rings. The van der Waals surface area contributed by atoms with Gasteiger partial charge in [-0.1, -0.05) is 6.07 Å². The molecule has 8 heteroatoms. The van der Waals surface area contributed by atoms with E-state index in [-0.39, 0.29) is 12.2 Å². The van der Waals surface area contributed by atoms with Gasteiger partial charge >= 0.3 is 0 Å². The summed E-state index contributed by atoms with van der Waals surface area (Å²) in [6.45, 7) is 0. The summed E-state index contributed by atoms with van der Waals surface area (Å²) in [5.41, 5.74) is 1.47. The molecule has 134 valence electrons. The van der Waals surface area contributed by atoms with E-state index in [0.717, 1.165) is 0 Å². The van der Waals surface area contributed by atoms with Crippen molar-refractivity contribution in [3.05, 3.63) is 72.6 Å². The lowest BCUT2D eigenvalue weighted by Gasteiger charge is -2.09. The number of methoxy groups -OCH3 is 1. The summed E-state index contributed by atoms with van der Waals surface area (Å²) < 4.78 is 12.4. The van der Waals surface area contributed by atoms with Crippen LogP contribution in [0.2, 0.25) is 0 Å². The quantitative estimate of drug-likeness (QED) is 0.488. The van der Waals surface area contributed by atoms with Crippen molar-refractivity contribution in [1.82, 2.24) is 24.6 Å². The Morgan fingerprint density at radius 2 is 2.11 bits per heavy atom. The van der Waals surface area contributed by atoms with Gasteiger partial charge in [-0.3, -0.25) is 9.78 Å². The van der Waals surface area contributed by atoms with Crippen LogP contribution in [0.4, 0.5) is 0 Å². The summed E-state index contributed by atoms with van der Waals surface area (Å²) in [6, 6.07) is 10.5. The number of Topliss-reactive ketones (excluding diaryl/α,β-unsaturated/α-hetero) is 1. The summed E-state index contributed by atoms with van der Waals surface area (Å²) in [7, 11) is 1.53. The number of ketones is 1. The molecule has 0 bridgehead atoms. The maximum atomic E-state index is 12.9.